The number of benzene rings is 2. The molecule has 0 aliphatic heterocycles. The van der Waals surface area contributed by atoms with Crippen LogP contribution in [0.3, 0.4) is 0 Å². The van der Waals surface area contributed by atoms with E-state index in [4.69, 9.17) is 0 Å². The second kappa shape index (κ2) is 4.28. The average molecular weight is 319 g/mol. The lowest BCUT2D eigenvalue weighted by atomic mass is 10.2. The van der Waals surface area contributed by atoms with Crippen molar-refractivity contribution in [2.45, 2.75) is 6.92 Å². The summed E-state index contributed by atoms with van der Waals surface area (Å²) in [6, 6.07) is 9.03. The molecule has 0 saturated carbocycles. The SMILES string of the molecule is Cc1ccc2nc(-c3cc(O)c(Br)c(O)c3)[nH]c2c1. The minimum atomic E-state index is -0.0216. The van der Waals surface area contributed by atoms with Crippen LogP contribution in [0.5, 0.6) is 11.5 Å². The van der Waals surface area contributed by atoms with E-state index in [1.165, 1.54) is 0 Å². The van der Waals surface area contributed by atoms with Gasteiger partial charge in [-0.25, -0.2) is 4.98 Å². The normalized spacial score (nSPS) is 11.1. The monoisotopic (exact) mass is 318 g/mol. The molecule has 3 aromatic rings. The number of aromatic nitrogens is 2. The van der Waals surface area contributed by atoms with E-state index in [1.807, 2.05) is 25.1 Å². The van der Waals surface area contributed by atoms with Gasteiger partial charge in [0, 0.05) is 5.56 Å². The summed E-state index contributed by atoms with van der Waals surface area (Å²) < 4.78 is 0.281. The van der Waals surface area contributed by atoms with Crippen LogP contribution < -0.4 is 0 Å². The molecule has 0 radical (unpaired) electrons. The number of halogens is 1. The fourth-order valence-electron chi connectivity index (χ4n) is 1.99. The molecule has 1 aromatic heterocycles. The standard InChI is InChI=1S/C14H11BrN2O2/c1-7-2-3-9-10(4-7)17-14(16-9)8-5-11(18)13(15)12(19)6-8/h2-6,18-19H,1H3,(H,16,17). The fraction of sp³-hybridized carbons (Fsp3) is 0.0714. The van der Waals surface area contributed by atoms with Gasteiger partial charge in [0.2, 0.25) is 0 Å². The molecule has 3 rings (SSSR count). The Morgan fingerprint density at radius 3 is 2.47 bits per heavy atom. The summed E-state index contributed by atoms with van der Waals surface area (Å²) in [7, 11) is 0. The molecule has 19 heavy (non-hydrogen) atoms. The third kappa shape index (κ3) is 2.06. The van der Waals surface area contributed by atoms with Gasteiger partial charge in [0.05, 0.1) is 11.0 Å². The number of rotatable bonds is 1. The maximum atomic E-state index is 9.71. The number of nitrogens with one attached hydrogen (secondary N) is 1. The summed E-state index contributed by atoms with van der Waals surface area (Å²) in [4.78, 5) is 7.62. The third-order valence-electron chi connectivity index (χ3n) is 2.95. The highest BCUT2D eigenvalue weighted by molar-refractivity contribution is 9.10. The van der Waals surface area contributed by atoms with Crippen molar-refractivity contribution in [2.24, 2.45) is 0 Å². The average Bonchev–Trinajstić information content (AvgIpc) is 2.78. The molecule has 0 spiro atoms. The number of hydrogen-bond donors (Lipinski definition) is 3. The Morgan fingerprint density at radius 1 is 1.11 bits per heavy atom. The van der Waals surface area contributed by atoms with Crippen LogP contribution in [-0.2, 0) is 0 Å². The topological polar surface area (TPSA) is 69.1 Å². The van der Waals surface area contributed by atoms with E-state index in [1.54, 1.807) is 12.1 Å². The van der Waals surface area contributed by atoms with Crippen molar-refractivity contribution >= 4 is 27.0 Å². The first-order valence-corrected chi connectivity index (χ1v) is 6.52. The van der Waals surface area contributed by atoms with Gasteiger partial charge in [-0.05, 0) is 52.7 Å². The van der Waals surface area contributed by atoms with Gasteiger partial charge in [0.15, 0.2) is 0 Å². The van der Waals surface area contributed by atoms with Crippen LogP contribution in [0.1, 0.15) is 5.56 Å². The molecule has 4 nitrogen and oxygen atoms in total. The zero-order valence-electron chi connectivity index (χ0n) is 10.1. The van der Waals surface area contributed by atoms with E-state index in [0.29, 0.717) is 11.4 Å². The summed E-state index contributed by atoms with van der Waals surface area (Å²) in [5.74, 6) is 0.567. The zero-order chi connectivity index (χ0) is 13.6. The minimum absolute atomic E-state index is 0.0216. The lowest BCUT2D eigenvalue weighted by Crippen LogP contribution is -1.81. The zero-order valence-corrected chi connectivity index (χ0v) is 11.7. The smallest absolute Gasteiger partial charge is 0.138 e. The lowest BCUT2D eigenvalue weighted by Gasteiger charge is -2.03. The van der Waals surface area contributed by atoms with Crippen LogP contribution in [-0.4, -0.2) is 20.2 Å². The van der Waals surface area contributed by atoms with Crippen molar-refractivity contribution in [3.05, 3.63) is 40.4 Å². The number of aromatic hydroxyl groups is 2. The Kier molecular flexibility index (Phi) is 2.71. The highest BCUT2D eigenvalue weighted by atomic mass is 79.9. The molecule has 3 N–H and O–H groups in total. The van der Waals surface area contributed by atoms with Crippen LogP contribution in [0.15, 0.2) is 34.8 Å². The Hall–Kier alpha value is -2.01. The Bertz CT molecular complexity index is 757. The summed E-state index contributed by atoms with van der Waals surface area (Å²) in [6.45, 7) is 2.01. The van der Waals surface area contributed by atoms with E-state index in [9.17, 15) is 10.2 Å². The van der Waals surface area contributed by atoms with E-state index in [0.717, 1.165) is 16.6 Å². The summed E-state index contributed by atoms with van der Waals surface area (Å²) >= 11 is 3.10. The minimum Gasteiger partial charge on any atom is -0.507 e. The second-order valence-electron chi connectivity index (χ2n) is 4.43. The van der Waals surface area contributed by atoms with Gasteiger partial charge >= 0.3 is 0 Å². The van der Waals surface area contributed by atoms with Crippen LogP contribution >= 0.6 is 15.9 Å². The van der Waals surface area contributed by atoms with Gasteiger partial charge in [-0.3, -0.25) is 0 Å². The molecule has 0 bridgehead atoms. The number of phenolic OH excluding ortho intramolecular Hbond substituents is 2. The van der Waals surface area contributed by atoms with Crippen molar-refractivity contribution in [1.82, 2.24) is 9.97 Å². The van der Waals surface area contributed by atoms with E-state index >= 15 is 0 Å². The van der Waals surface area contributed by atoms with Gasteiger partial charge in [-0.15, -0.1) is 0 Å². The van der Waals surface area contributed by atoms with Crippen LogP contribution in [0.2, 0.25) is 0 Å². The number of nitrogens with zero attached hydrogens (tertiary/aromatic N) is 1. The van der Waals surface area contributed by atoms with Crippen LogP contribution in [0.25, 0.3) is 22.4 Å². The molecule has 0 fully saturated rings. The number of phenols is 2. The molecule has 0 amide bonds. The molecule has 0 atom stereocenters. The van der Waals surface area contributed by atoms with Crippen molar-refractivity contribution < 1.29 is 10.2 Å². The second-order valence-corrected chi connectivity index (χ2v) is 5.23. The Morgan fingerprint density at radius 2 is 1.79 bits per heavy atom. The molecule has 1 heterocycles. The van der Waals surface area contributed by atoms with E-state index in [2.05, 4.69) is 25.9 Å². The largest absolute Gasteiger partial charge is 0.507 e. The molecule has 0 aliphatic carbocycles. The molecule has 5 heteroatoms. The van der Waals surface area contributed by atoms with Gasteiger partial charge in [0.1, 0.15) is 21.8 Å². The highest BCUT2D eigenvalue weighted by Gasteiger charge is 2.11. The first-order valence-electron chi connectivity index (χ1n) is 5.73. The molecule has 2 aromatic carbocycles. The number of fused-ring (bicyclic) bond motifs is 1. The van der Waals surface area contributed by atoms with Crippen molar-refractivity contribution in [2.75, 3.05) is 0 Å². The number of aromatic amines is 1. The van der Waals surface area contributed by atoms with Crippen LogP contribution in [0, 0.1) is 6.92 Å². The Balaban J connectivity index is 2.19. The van der Waals surface area contributed by atoms with Crippen LogP contribution in [0.4, 0.5) is 0 Å². The van der Waals surface area contributed by atoms with E-state index < -0.39 is 0 Å². The molecule has 0 aliphatic rings. The van der Waals surface area contributed by atoms with Crippen molar-refractivity contribution in [3.8, 4) is 22.9 Å². The third-order valence-corrected chi connectivity index (χ3v) is 3.76. The highest BCUT2D eigenvalue weighted by Crippen LogP contribution is 2.37. The van der Waals surface area contributed by atoms with Crippen molar-refractivity contribution in [1.29, 1.82) is 0 Å². The predicted molar refractivity (Wildman–Crippen MR) is 77.3 cm³/mol. The molecular weight excluding hydrogens is 308 g/mol. The molecule has 0 saturated heterocycles. The van der Waals surface area contributed by atoms with Gasteiger partial charge < -0.3 is 15.2 Å². The molecule has 0 unspecified atom stereocenters. The van der Waals surface area contributed by atoms with Gasteiger partial charge in [-0.1, -0.05) is 6.07 Å². The first-order chi connectivity index (χ1) is 9.04. The predicted octanol–water partition coefficient (Wildman–Crippen LogP) is 3.71. The molecular formula is C14H11BrN2O2. The number of aryl methyl sites for hydroxylation is 1. The maximum absolute atomic E-state index is 9.71. The van der Waals surface area contributed by atoms with Crippen molar-refractivity contribution in [3.63, 3.8) is 0 Å². The van der Waals surface area contributed by atoms with E-state index in [-0.39, 0.29) is 16.0 Å². The molecule has 96 valence electrons. The summed E-state index contributed by atoms with van der Waals surface area (Å²) in [6.07, 6.45) is 0. The maximum Gasteiger partial charge on any atom is 0.138 e. The van der Waals surface area contributed by atoms with Gasteiger partial charge in [-0.2, -0.15) is 0 Å². The summed E-state index contributed by atoms with van der Waals surface area (Å²) in [5.41, 5.74) is 3.55. The lowest BCUT2D eigenvalue weighted by molar-refractivity contribution is 0.445. The Labute approximate surface area is 117 Å². The first kappa shape index (κ1) is 12.0. The number of H-pyrrole nitrogens is 1. The number of imidazole rings is 1. The quantitative estimate of drug-likeness (QED) is 0.640. The number of hydrogen-bond acceptors (Lipinski definition) is 3. The fourth-order valence-corrected chi connectivity index (χ4v) is 2.22. The summed E-state index contributed by atoms with van der Waals surface area (Å²) in [5, 5.41) is 19.4. The van der Waals surface area contributed by atoms with Gasteiger partial charge in [0.25, 0.3) is 0 Å².